The van der Waals surface area contributed by atoms with Crippen molar-refractivity contribution in [3.8, 4) is 0 Å². The quantitative estimate of drug-likeness (QED) is 0.516. The van der Waals surface area contributed by atoms with E-state index in [0.29, 0.717) is 0 Å². The summed E-state index contributed by atoms with van der Waals surface area (Å²) in [4.78, 5) is 45.3. The van der Waals surface area contributed by atoms with Crippen LogP contribution in [0.5, 0.6) is 0 Å². The first kappa shape index (κ1) is 14.0. The highest BCUT2D eigenvalue weighted by Gasteiger charge is 2.64. The highest BCUT2D eigenvalue weighted by molar-refractivity contribution is 5.92. The van der Waals surface area contributed by atoms with Crippen molar-refractivity contribution < 1.29 is 39.6 Å². The maximum atomic E-state index is 11.5. The Bertz CT molecular complexity index is 536. The standard InChI is InChI=1S/C12H12O8/c13-8(14)5-3-12(11(19)20)2-1-4(5)6(9(15)16)7(12)10(17)18/h1-2,4-7H,3H2,(H,13,14)(H,15,16)(H,17,18)(H,19,20). The van der Waals surface area contributed by atoms with E-state index < -0.39 is 59.4 Å². The van der Waals surface area contributed by atoms with E-state index in [2.05, 4.69) is 0 Å². The molecule has 3 aliphatic rings. The van der Waals surface area contributed by atoms with E-state index in [-0.39, 0.29) is 0 Å². The van der Waals surface area contributed by atoms with Gasteiger partial charge in [0.25, 0.3) is 0 Å². The Kier molecular flexibility index (Phi) is 3.04. The number of allylic oxidation sites excluding steroid dienone is 1. The van der Waals surface area contributed by atoms with Gasteiger partial charge in [0.15, 0.2) is 0 Å². The van der Waals surface area contributed by atoms with Crippen molar-refractivity contribution in [2.24, 2.45) is 29.1 Å². The van der Waals surface area contributed by atoms with Gasteiger partial charge < -0.3 is 20.4 Å². The summed E-state index contributed by atoms with van der Waals surface area (Å²) in [5, 5.41) is 36.8. The van der Waals surface area contributed by atoms with Crippen LogP contribution in [0.25, 0.3) is 0 Å². The van der Waals surface area contributed by atoms with E-state index >= 15 is 0 Å². The van der Waals surface area contributed by atoms with Gasteiger partial charge in [-0.3, -0.25) is 19.2 Å². The molecule has 3 aliphatic carbocycles. The maximum Gasteiger partial charge on any atom is 0.314 e. The van der Waals surface area contributed by atoms with Gasteiger partial charge in [0.2, 0.25) is 0 Å². The first-order valence-electron chi connectivity index (χ1n) is 5.83. The van der Waals surface area contributed by atoms with Crippen LogP contribution in [-0.2, 0) is 19.2 Å². The molecule has 8 nitrogen and oxygen atoms in total. The molecule has 1 saturated carbocycles. The number of hydrogen-bond acceptors (Lipinski definition) is 4. The van der Waals surface area contributed by atoms with Crippen molar-refractivity contribution in [3.05, 3.63) is 12.2 Å². The minimum Gasteiger partial charge on any atom is -0.481 e. The van der Waals surface area contributed by atoms with E-state index in [4.69, 9.17) is 5.11 Å². The molecule has 0 aromatic heterocycles. The molecule has 0 aromatic rings. The molecule has 20 heavy (non-hydrogen) atoms. The summed E-state index contributed by atoms with van der Waals surface area (Å²) < 4.78 is 0. The van der Waals surface area contributed by atoms with Crippen LogP contribution in [-0.4, -0.2) is 44.3 Å². The number of fused-ring (bicyclic) bond motifs is 2. The van der Waals surface area contributed by atoms with Crippen molar-refractivity contribution in [2.75, 3.05) is 0 Å². The third kappa shape index (κ3) is 1.68. The van der Waals surface area contributed by atoms with E-state index in [0.717, 1.165) is 6.08 Å². The van der Waals surface area contributed by atoms with Gasteiger partial charge in [-0.25, -0.2) is 0 Å². The first-order valence-corrected chi connectivity index (χ1v) is 5.83. The number of carboxylic acids is 4. The molecule has 0 amide bonds. The molecule has 8 heteroatoms. The Balaban J connectivity index is 2.63. The summed E-state index contributed by atoms with van der Waals surface area (Å²) in [6.07, 6.45) is 1.94. The summed E-state index contributed by atoms with van der Waals surface area (Å²) in [6.45, 7) is 0. The zero-order valence-corrected chi connectivity index (χ0v) is 10.1. The third-order valence-corrected chi connectivity index (χ3v) is 4.23. The molecule has 0 radical (unpaired) electrons. The van der Waals surface area contributed by atoms with Crippen LogP contribution < -0.4 is 0 Å². The normalized spacial score (nSPS) is 38.4. The highest BCUT2D eigenvalue weighted by Crippen LogP contribution is 2.55. The number of rotatable bonds is 4. The molecule has 5 atom stereocenters. The van der Waals surface area contributed by atoms with Gasteiger partial charge in [0.1, 0.15) is 5.41 Å². The fraction of sp³-hybridized carbons (Fsp3) is 0.500. The van der Waals surface area contributed by atoms with Crippen LogP contribution in [0.3, 0.4) is 0 Å². The molecule has 0 heterocycles. The van der Waals surface area contributed by atoms with Crippen LogP contribution in [0, 0.1) is 29.1 Å². The topological polar surface area (TPSA) is 149 Å². The second kappa shape index (κ2) is 4.32. The van der Waals surface area contributed by atoms with Crippen molar-refractivity contribution in [1.29, 1.82) is 0 Å². The predicted molar refractivity (Wildman–Crippen MR) is 60.7 cm³/mol. The summed E-state index contributed by atoms with van der Waals surface area (Å²) >= 11 is 0. The Morgan fingerprint density at radius 3 is 1.95 bits per heavy atom. The minimum absolute atomic E-state index is 0.417. The maximum absolute atomic E-state index is 11.5. The summed E-state index contributed by atoms with van der Waals surface area (Å²) in [7, 11) is 0. The lowest BCUT2D eigenvalue weighted by Gasteiger charge is -2.49. The van der Waals surface area contributed by atoms with E-state index in [1.165, 1.54) is 6.08 Å². The number of hydrogen-bond donors (Lipinski definition) is 4. The summed E-state index contributed by atoms with van der Waals surface area (Å²) in [5.74, 6) is -11.4. The van der Waals surface area contributed by atoms with Crippen LogP contribution in [0.1, 0.15) is 6.42 Å². The largest absolute Gasteiger partial charge is 0.481 e. The second-order valence-corrected chi connectivity index (χ2v) is 5.11. The van der Waals surface area contributed by atoms with Crippen LogP contribution in [0.4, 0.5) is 0 Å². The van der Waals surface area contributed by atoms with Gasteiger partial charge in [-0.1, -0.05) is 12.2 Å². The lowest BCUT2D eigenvalue weighted by molar-refractivity contribution is -0.181. The van der Waals surface area contributed by atoms with E-state index in [1.54, 1.807) is 0 Å². The van der Waals surface area contributed by atoms with Crippen LogP contribution >= 0.6 is 0 Å². The van der Waals surface area contributed by atoms with Crippen molar-refractivity contribution >= 4 is 23.9 Å². The number of carbonyl (C=O) groups is 4. The van der Waals surface area contributed by atoms with Gasteiger partial charge in [0.05, 0.1) is 17.8 Å². The molecule has 4 N–H and O–H groups in total. The smallest absolute Gasteiger partial charge is 0.314 e. The molecule has 0 spiro atoms. The molecule has 0 aromatic carbocycles. The SMILES string of the molecule is O=C(O)C1CC2(C(=O)O)C=CC1C(C(=O)O)C2C(=O)O. The van der Waals surface area contributed by atoms with Crippen LogP contribution in [0.15, 0.2) is 12.2 Å². The third-order valence-electron chi connectivity index (χ3n) is 4.23. The van der Waals surface area contributed by atoms with Crippen molar-refractivity contribution in [2.45, 2.75) is 6.42 Å². The first-order chi connectivity index (χ1) is 9.22. The van der Waals surface area contributed by atoms with Crippen molar-refractivity contribution in [1.82, 2.24) is 0 Å². The minimum atomic E-state index is -1.99. The van der Waals surface area contributed by atoms with Gasteiger partial charge >= 0.3 is 23.9 Å². The summed E-state index contributed by atoms with van der Waals surface area (Å²) in [6, 6.07) is 0. The molecule has 0 aliphatic heterocycles. The van der Waals surface area contributed by atoms with Gasteiger partial charge in [-0.2, -0.15) is 0 Å². The summed E-state index contributed by atoms with van der Waals surface area (Å²) in [5.41, 5.74) is -1.99. The average Bonchev–Trinajstić information content (AvgIpc) is 2.37. The van der Waals surface area contributed by atoms with E-state index in [1.807, 2.05) is 0 Å². The Labute approximate surface area is 112 Å². The fourth-order valence-electron chi connectivity index (χ4n) is 3.35. The fourth-order valence-corrected chi connectivity index (χ4v) is 3.35. The van der Waals surface area contributed by atoms with Crippen molar-refractivity contribution in [3.63, 3.8) is 0 Å². The molecular weight excluding hydrogens is 272 g/mol. The molecular formula is C12H12O8. The predicted octanol–water partition coefficient (Wildman–Crippen LogP) is -0.250. The zero-order chi connectivity index (χ0) is 15.2. The van der Waals surface area contributed by atoms with Gasteiger partial charge in [-0.05, 0) is 6.42 Å². The average molecular weight is 284 g/mol. The monoisotopic (exact) mass is 284 g/mol. The highest BCUT2D eigenvalue weighted by atomic mass is 16.4. The number of aliphatic carboxylic acids is 4. The Morgan fingerprint density at radius 1 is 0.950 bits per heavy atom. The molecule has 0 saturated heterocycles. The molecule has 2 bridgehead atoms. The number of carboxylic acid groups (broad SMARTS) is 4. The lowest BCUT2D eigenvalue weighted by atomic mass is 9.50. The molecule has 1 fully saturated rings. The zero-order valence-electron chi connectivity index (χ0n) is 10.1. The molecule has 5 unspecified atom stereocenters. The van der Waals surface area contributed by atoms with Crippen LogP contribution in [0.2, 0.25) is 0 Å². The Morgan fingerprint density at radius 2 is 1.55 bits per heavy atom. The van der Waals surface area contributed by atoms with Gasteiger partial charge in [0, 0.05) is 5.92 Å². The molecule has 3 rings (SSSR count). The lowest BCUT2D eigenvalue weighted by Crippen LogP contribution is -2.59. The van der Waals surface area contributed by atoms with Gasteiger partial charge in [-0.15, -0.1) is 0 Å². The van der Waals surface area contributed by atoms with E-state index in [9.17, 15) is 34.5 Å². The second-order valence-electron chi connectivity index (χ2n) is 5.11. The molecule has 108 valence electrons. The Hall–Kier alpha value is -2.38.